The summed E-state index contributed by atoms with van der Waals surface area (Å²) in [7, 11) is 0. The number of aromatic nitrogens is 1. The van der Waals surface area contributed by atoms with Crippen LogP contribution in [0.25, 0.3) is 21.7 Å². The summed E-state index contributed by atoms with van der Waals surface area (Å²) in [6, 6.07) is 18.9. The SMILES string of the molecule is N=C(N)c1ccc2cc(C(=O)NC3CCCCC3)n(Cc3ccc(C(N)=O)c4ccccc34)c2c1. The summed E-state index contributed by atoms with van der Waals surface area (Å²) in [5.74, 6) is -0.600. The Bertz CT molecular complexity index is 1460. The van der Waals surface area contributed by atoms with E-state index >= 15 is 0 Å². The van der Waals surface area contributed by atoms with Crippen molar-refractivity contribution in [3.05, 3.63) is 83.0 Å². The summed E-state index contributed by atoms with van der Waals surface area (Å²) in [6.07, 6.45) is 5.48. The molecule has 1 fully saturated rings. The normalized spacial score (nSPS) is 14.3. The Balaban J connectivity index is 1.62. The van der Waals surface area contributed by atoms with Crippen LogP contribution in [-0.2, 0) is 6.54 Å². The third kappa shape index (κ3) is 4.37. The Kier molecular flexibility index (Phi) is 5.99. The van der Waals surface area contributed by atoms with Gasteiger partial charge in [0.15, 0.2) is 0 Å². The largest absolute Gasteiger partial charge is 0.384 e. The van der Waals surface area contributed by atoms with Crippen LogP contribution in [0.15, 0.2) is 60.7 Å². The standard InChI is InChI=1S/C28H29N5O2/c29-26(30)18-11-10-17-14-25(28(35)32-20-6-2-1-3-7-20)33(24(17)15-18)16-19-12-13-23(27(31)34)22-9-5-4-8-21(19)22/h4-5,8-15,20H,1-3,6-7,16H2,(H3,29,30)(H2,31,34)(H,32,35). The van der Waals surface area contributed by atoms with E-state index in [1.807, 2.05) is 53.1 Å². The van der Waals surface area contributed by atoms with Crippen molar-refractivity contribution in [2.75, 3.05) is 0 Å². The number of hydrogen-bond acceptors (Lipinski definition) is 3. The van der Waals surface area contributed by atoms with Crippen LogP contribution in [0.1, 0.15) is 64.1 Å². The van der Waals surface area contributed by atoms with Gasteiger partial charge in [0.1, 0.15) is 11.5 Å². The molecule has 7 nitrogen and oxygen atoms in total. The summed E-state index contributed by atoms with van der Waals surface area (Å²) < 4.78 is 1.98. The van der Waals surface area contributed by atoms with Gasteiger partial charge in [-0.25, -0.2) is 0 Å². The molecule has 0 radical (unpaired) electrons. The van der Waals surface area contributed by atoms with Gasteiger partial charge < -0.3 is 21.4 Å². The predicted octanol–water partition coefficient (Wildman–Crippen LogP) is 4.29. The lowest BCUT2D eigenvalue weighted by Gasteiger charge is -2.23. The minimum Gasteiger partial charge on any atom is -0.384 e. The van der Waals surface area contributed by atoms with Crippen molar-refractivity contribution < 1.29 is 9.59 Å². The fourth-order valence-corrected chi connectivity index (χ4v) is 5.17. The van der Waals surface area contributed by atoms with Gasteiger partial charge in [0, 0.05) is 34.6 Å². The number of carbonyl (C=O) groups is 2. The number of hydrogen-bond donors (Lipinski definition) is 4. The van der Waals surface area contributed by atoms with Crippen molar-refractivity contribution in [2.24, 2.45) is 11.5 Å². The molecule has 0 spiro atoms. The van der Waals surface area contributed by atoms with E-state index in [9.17, 15) is 9.59 Å². The van der Waals surface area contributed by atoms with Crippen molar-refractivity contribution in [1.82, 2.24) is 9.88 Å². The minimum absolute atomic E-state index is 0.0240. The van der Waals surface area contributed by atoms with Crippen LogP contribution in [0.5, 0.6) is 0 Å². The van der Waals surface area contributed by atoms with E-state index in [4.69, 9.17) is 16.9 Å². The molecule has 0 unspecified atom stereocenters. The molecule has 2 amide bonds. The van der Waals surface area contributed by atoms with Gasteiger partial charge in [-0.15, -0.1) is 0 Å². The van der Waals surface area contributed by atoms with Gasteiger partial charge in [0.2, 0.25) is 5.91 Å². The summed E-state index contributed by atoms with van der Waals surface area (Å²) >= 11 is 0. The Morgan fingerprint density at radius 2 is 1.69 bits per heavy atom. The first-order chi connectivity index (χ1) is 16.9. The number of carbonyl (C=O) groups excluding carboxylic acids is 2. The maximum Gasteiger partial charge on any atom is 0.268 e. The predicted molar refractivity (Wildman–Crippen MR) is 139 cm³/mol. The Hall–Kier alpha value is -4.13. The number of nitrogens with two attached hydrogens (primary N) is 2. The quantitative estimate of drug-likeness (QED) is 0.249. The molecule has 0 atom stereocenters. The highest BCUT2D eigenvalue weighted by molar-refractivity contribution is 6.07. The van der Waals surface area contributed by atoms with Crippen LogP contribution in [0, 0.1) is 5.41 Å². The third-order valence-corrected chi connectivity index (χ3v) is 7.00. The Morgan fingerprint density at radius 1 is 0.943 bits per heavy atom. The van der Waals surface area contributed by atoms with E-state index in [2.05, 4.69) is 5.32 Å². The highest BCUT2D eigenvalue weighted by Crippen LogP contribution is 2.28. The number of rotatable bonds is 6. The van der Waals surface area contributed by atoms with Gasteiger partial charge in [-0.2, -0.15) is 0 Å². The number of primary amides is 1. The molecular weight excluding hydrogens is 438 g/mol. The molecule has 0 saturated heterocycles. The average molecular weight is 468 g/mol. The molecule has 4 aromatic rings. The first kappa shape index (κ1) is 22.7. The summed E-state index contributed by atoms with van der Waals surface area (Å²) in [4.78, 5) is 25.4. The molecule has 0 aliphatic heterocycles. The first-order valence-corrected chi connectivity index (χ1v) is 12.0. The molecule has 6 N–H and O–H groups in total. The highest BCUT2D eigenvalue weighted by atomic mass is 16.2. The Morgan fingerprint density at radius 3 is 2.40 bits per heavy atom. The summed E-state index contributed by atoms with van der Waals surface area (Å²) in [5.41, 5.74) is 14.8. The van der Waals surface area contributed by atoms with Crippen molar-refractivity contribution >= 4 is 39.3 Å². The van der Waals surface area contributed by atoms with Crippen molar-refractivity contribution in [1.29, 1.82) is 5.41 Å². The summed E-state index contributed by atoms with van der Waals surface area (Å²) in [6.45, 7) is 0.415. The molecule has 1 saturated carbocycles. The molecule has 0 bridgehead atoms. The molecule has 3 aromatic carbocycles. The van der Waals surface area contributed by atoms with E-state index in [-0.39, 0.29) is 17.8 Å². The van der Waals surface area contributed by atoms with E-state index in [0.29, 0.717) is 23.4 Å². The maximum absolute atomic E-state index is 13.5. The highest BCUT2D eigenvalue weighted by Gasteiger charge is 2.22. The van der Waals surface area contributed by atoms with Crippen LogP contribution in [0.4, 0.5) is 0 Å². The van der Waals surface area contributed by atoms with Gasteiger partial charge in [-0.1, -0.05) is 61.7 Å². The number of nitrogen functional groups attached to an aromatic ring is 1. The zero-order valence-electron chi connectivity index (χ0n) is 19.5. The number of benzene rings is 3. The fraction of sp³-hybridized carbons (Fsp3) is 0.250. The van der Waals surface area contributed by atoms with E-state index in [1.54, 1.807) is 12.1 Å². The topological polar surface area (TPSA) is 127 Å². The Labute approximate surface area is 203 Å². The molecule has 1 aliphatic carbocycles. The van der Waals surface area contributed by atoms with Gasteiger partial charge in [-0.05, 0) is 47.4 Å². The van der Waals surface area contributed by atoms with Crippen molar-refractivity contribution in [2.45, 2.75) is 44.7 Å². The monoisotopic (exact) mass is 467 g/mol. The van der Waals surface area contributed by atoms with Crippen molar-refractivity contribution in [3.8, 4) is 0 Å². The fourth-order valence-electron chi connectivity index (χ4n) is 5.17. The molecule has 35 heavy (non-hydrogen) atoms. The second-order valence-electron chi connectivity index (χ2n) is 9.29. The average Bonchev–Trinajstić information content (AvgIpc) is 3.22. The maximum atomic E-state index is 13.5. The van der Waals surface area contributed by atoms with Crippen LogP contribution in [0.3, 0.4) is 0 Å². The smallest absolute Gasteiger partial charge is 0.268 e. The first-order valence-electron chi connectivity index (χ1n) is 12.0. The third-order valence-electron chi connectivity index (χ3n) is 7.00. The zero-order valence-corrected chi connectivity index (χ0v) is 19.5. The van der Waals surface area contributed by atoms with Gasteiger partial charge in [0.25, 0.3) is 5.91 Å². The van der Waals surface area contributed by atoms with Crippen LogP contribution in [0.2, 0.25) is 0 Å². The lowest BCUT2D eigenvalue weighted by atomic mass is 9.95. The van der Waals surface area contributed by atoms with Crippen molar-refractivity contribution in [3.63, 3.8) is 0 Å². The molecule has 178 valence electrons. The van der Waals surface area contributed by atoms with E-state index < -0.39 is 5.91 Å². The lowest BCUT2D eigenvalue weighted by molar-refractivity contribution is 0.0918. The van der Waals surface area contributed by atoms with Gasteiger partial charge in [-0.3, -0.25) is 15.0 Å². The molecule has 5 rings (SSSR count). The van der Waals surface area contributed by atoms with E-state index in [1.165, 1.54) is 6.42 Å². The minimum atomic E-state index is -0.474. The van der Waals surface area contributed by atoms with Crippen LogP contribution in [-0.4, -0.2) is 28.3 Å². The number of fused-ring (bicyclic) bond motifs is 2. The summed E-state index contributed by atoms with van der Waals surface area (Å²) in [5, 5.41) is 13.7. The zero-order chi connectivity index (χ0) is 24.5. The molecule has 1 heterocycles. The molecule has 7 heteroatoms. The second-order valence-corrected chi connectivity index (χ2v) is 9.29. The van der Waals surface area contributed by atoms with Crippen LogP contribution < -0.4 is 16.8 Å². The van der Waals surface area contributed by atoms with E-state index in [0.717, 1.165) is 52.9 Å². The number of amides is 2. The molecule has 1 aromatic heterocycles. The van der Waals surface area contributed by atoms with Crippen LogP contribution >= 0.6 is 0 Å². The number of amidine groups is 1. The second kappa shape index (κ2) is 9.25. The number of nitrogens with one attached hydrogen (secondary N) is 2. The molecular formula is C28H29N5O2. The molecule has 1 aliphatic rings. The van der Waals surface area contributed by atoms with Gasteiger partial charge in [0.05, 0.1) is 0 Å². The van der Waals surface area contributed by atoms with Gasteiger partial charge >= 0.3 is 0 Å². The lowest BCUT2D eigenvalue weighted by Crippen LogP contribution is -2.37. The number of nitrogens with zero attached hydrogens (tertiary/aromatic N) is 1.